The van der Waals surface area contributed by atoms with E-state index in [0.717, 1.165) is 0 Å². The van der Waals surface area contributed by atoms with E-state index in [1.807, 2.05) is 0 Å². The Labute approximate surface area is 121 Å². The number of ether oxygens (including phenoxy) is 2. The van der Waals surface area contributed by atoms with Crippen molar-refractivity contribution in [1.82, 2.24) is 5.32 Å². The summed E-state index contributed by atoms with van der Waals surface area (Å²) < 4.78 is 10.1. The predicted octanol–water partition coefficient (Wildman–Crippen LogP) is 0.661. The van der Waals surface area contributed by atoms with E-state index in [0.29, 0.717) is 17.2 Å². The number of hydrogen-bond acceptors (Lipinski definition) is 5. The number of aliphatic hydroxyl groups excluding tert-OH is 1. The van der Waals surface area contributed by atoms with Crippen LogP contribution in [0, 0.1) is 0 Å². The van der Waals surface area contributed by atoms with E-state index in [1.165, 1.54) is 14.2 Å². The number of carboxylic acids is 1. The first-order chi connectivity index (χ1) is 9.99. The zero-order valence-corrected chi connectivity index (χ0v) is 11.8. The lowest BCUT2D eigenvalue weighted by Gasteiger charge is -2.15. The fraction of sp³-hybridized carbons (Fsp3) is 0.385. The molecule has 1 aromatic carbocycles. The zero-order chi connectivity index (χ0) is 15.8. The normalized spacial score (nSPS) is 11.4. The highest BCUT2D eigenvalue weighted by molar-refractivity contribution is 5.92. The molecule has 0 radical (unpaired) electrons. The minimum Gasteiger partial charge on any atom is -0.497 e. The van der Waals surface area contributed by atoms with Crippen molar-refractivity contribution in [2.75, 3.05) is 26.1 Å². The number of urea groups is 1. The minimum absolute atomic E-state index is 0.0792. The molecular weight excluding hydrogens is 280 g/mol. The van der Waals surface area contributed by atoms with Crippen LogP contribution in [0.1, 0.15) is 6.42 Å². The van der Waals surface area contributed by atoms with E-state index in [4.69, 9.17) is 19.7 Å². The van der Waals surface area contributed by atoms with Gasteiger partial charge in [-0.15, -0.1) is 0 Å². The van der Waals surface area contributed by atoms with Crippen molar-refractivity contribution in [2.45, 2.75) is 12.5 Å². The zero-order valence-electron chi connectivity index (χ0n) is 11.8. The Kier molecular flexibility index (Phi) is 6.28. The fourth-order valence-corrected chi connectivity index (χ4v) is 1.59. The monoisotopic (exact) mass is 298 g/mol. The third-order valence-corrected chi connectivity index (χ3v) is 2.63. The summed E-state index contributed by atoms with van der Waals surface area (Å²) in [5.74, 6) is -0.257. The van der Waals surface area contributed by atoms with Crippen LogP contribution in [0.2, 0.25) is 0 Å². The highest BCUT2D eigenvalue weighted by atomic mass is 16.5. The summed E-state index contributed by atoms with van der Waals surface area (Å²) in [4.78, 5) is 22.6. The van der Waals surface area contributed by atoms with Crippen molar-refractivity contribution in [3.63, 3.8) is 0 Å². The van der Waals surface area contributed by atoms with Crippen molar-refractivity contribution in [1.29, 1.82) is 0 Å². The highest BCUT2D eigenvalue weighted by Gasteiger charge is 2.19. The largest absolute Gasteiger partial charge is 0.497 e. The number of carbonyl (C=O) groups is 2. The second-order valence-electron chi connectivity index (χ2n) is 4.10. The Hall–Kier alpha value is -2.48. The van der Waals surface area contributed by atoms with E-state index in [2.05, 4.69) is 10.6 Å². The topological polar surface area (TPSA) is 117 Å². The number of aliphatic carboxylic acids is 1. The number of aliphatic hydroxyl groups is 1. The molecule has 4 N–H and O–H groups in total. The van der Waals surface area contributed by atoms with E-state index >= 15 is 0 Å². The minimum atomic E-state index is -1.22. The smallest absolute Gasteiger partial charge is 0.326 e. The molecule has 0 aliphatic heterocycles. The molecule has 116 valence electrons. The molecule has 0 aromatic heterocycles. The first kappa shape index (κ1) is 16.6. The Bertz CT molecular complexity index is 483. The van der Waals surface area contributed by atoms with Crippen LogP contribution in [0.25, 0.3) is 0 Å². The number of carboxylic acid groups (broad SMARTS) is 1. The average Bonchev–Trinajstić information content (AvgIpc) is 2.46. The summed E-state index contributed by atoms with van der Waals surface area (Å²) in [5.41, 5.74) is 0.386. The molecule has 2 amide bonds. The van der Waals surface area contributed by atoms with E-state index < -0.39 is 18.0 Å². The number of methoxy groups -OCH3 is 2. The van der Waals surface area contributed by atoms with Gasteiger partial charge >= 0.3 is 12.0 Å². The number of hydrogen-bond donors (Lipinski definition) is 4. The Balaban J connectivity index is 2.75. The Morgan fingerprint density at radius 1 is 1.19 bits per heavy atom. The van der Waals surface area contributed by atoms with E-state index in [1.54, 1.807) is 18.2 Å². The molecule has 0 fully saturated rings. The van der Waals surface area contributed by atoms with Crippen LogP contribution in [0.3, 0.4) is 0 Å². The molecule has 8 nitrogen and oxygen atoms in total. The summed E-state index contributed by atoms with van der Waals surface area (Å²) in [6, 6.07) is 2.89. The summed E-state index contributed by atoms with van der Waals surface area (Å²) >= 11 is 0. The van der Waals surface area contributed by atoms with Gasteiger partial charge in [0.1, 0.15) is 17.5 Å². The molecule has 0 aliphatic rings. The summed E-state index contributed by atoms with van der Waals surface area (Å²) in [6.07, 6.45) is -0.0792. The predicted molar refractivity (Wildman–Crippen MR) is 74.8 cm³/mol. The third kappa shape index (κ3) is 5.19. The number of nitrogens with one attached hydrogen (secondary N) is 2. The maximum absolute atomic E-state index is 11.8. The van der Waals surface area contributed by atoms with Crippen molar-refractivity contribution >= 4 is 17.7 Å². The van der Waals surface area contributed by atoms with Crippen LogP contribution in [-0.2, 0) is 4.79 Å². The number of benzene rings is 1. The molecule has 0 saturated carbocycles. The lowest BCUT2D eigenvalue weighted by Crippen LogP contribution is -2.43. The number of carbonyl (C=O) groups excluding carboxylic acids is 1. The van der Waals surface area contributed by atoms with E-state index in [-0.39, 0.29) is 13.0 Å². The molecule has 0 spiro atoms. The molecule has 0 saturated heterocycles. The first-order valence-corrected chi connectivity index (χ1v) is 6.14. The molecule has 0 heterocycles. The van der Waals surface area contributed by atoms with Crippen molar-refractivity contribution in [3.8, 4) is 11.5 Å². The molecule has 1 aromatic rings. The van der Waals surface area contributed by atoms with Gasteiger partial charge in [0.05, 0.1) is 14.2 Å². The van der Waals surface area contributed by atoms with Crippen LogP contribution in [0.15, 0.2) is 18.2 Å². The summed E-state index contributed by atoms with van der Waals surface area (Å²) in [6.45, 7) is -0.343. The van der Waals surface area contributed by atoms with E-state index in [9.17, 15) is 9.59 Å². The molecule has 1 rings (SSSR count). The lowest BCUT2D eigenvalue weighted by molar-refractivity contribution is -0.139. The second-order valence-corrected chi connectivity index (χ2v) is 4.10. The van der Waals surface area contributed by atoms with Gasteiger partial charge < -0.3 is 30.3 Å². The van der Waals surface area contributed by atoms with Gasteiger partial charge in [0.15, 0.2) is 0 Å². The fourth-order valence-electron chi connectivity index (χ4n) is 1.59. The average molecular weight is 298 g/mol. The van der Waals surface area contributed by atoms with Gasteiger partial charge in [0.2, 0.25) is 0 Å². The molecular formula is C13H18N2O6. The van der Waals surface area contributed by atoms with Crippen LogP contribution in [-0.4, -0.2) is 49.1 Å². The summed E-state index contributed by atoms with van der Waals surface area (Å²) in [7, 11) is 2.95. The molecule has 21 heavy (non-hydrogen) atoms. The van der Waals surface area contributed by atoms with Crippen LogP contribution >= 0.6 is 0 Å². The SMILES string of the molecule is COc1cc(NC(=O)N[C@H](CCO)C(=O)O)cc(OC)c1. The van der Waals surface area contributed by atoms with Gasteiger partial charge in [-0.05, 0) is 0 Å². The first-order valence-electron chi connectivity index (χ1n) is 6.14. The lowest BCUT2D eigenvalue weighted by atomic mass is 10.2. The second kappa shape index (κ2) is 7.95. The maximum atomic E-state index is 11.8. The van der Waals surface area contributed by atoms with Crippen LogP contribution in [0.4, 0.5) is 10.5 Å². The molecule has 0 aliphatic carbocycles. The van der Waals surface area contributed by atoms with Gasteiger partial charge in [0, 0.05) is 36.9 Å². The molecule has 1 atom stereocenters. The molecule has 0 unspecified atom stereocenters. The number of anilines is 1. The Morgan fingerprint density at radius 3 is 2.19 bits per heavy atom. The standard InChI is InChI=1S/C13H18N2O6/c1-20-9-5-8(6-10(7-9)21-2)14-13(19)15-11(3-4-16)12(17)18/h5-7,11,16H,3-4H2,1-2H3,(H,17,18)(H2,14,15,19)/t11-/m1/s1. The molecule has 0 bridgehead atoms. The third-order valence-electron chi connectivity index (χ3n) is 2.63. The highest BCUT2D eigenvalue weighted by Crippen LogP contribution is 2.25. The van der Waals surface area contributed by atoms with Crippen molar-refractivity contribution in [2.24, 2.45) is 0 Å². The Morgan fingerprint density at radius 2 is 1.76 bits per heavy atom. The van der Waals surface area contributed by atoms with Crippen molar-refractivity contribution in [3.05, 3.63) is 18.2 Å². The van der Waals surface area contributed by atoms with Crippen molar-refractivity contribution < 1.29 is 29.3 Å². The number of rotatable bonds is 7. The van der Waals surface area contributed by atoms with Gasteiger partial charge in [0.25, 0.3) is 0 Å². The van der Waals surface area contributed by atoms with Gasteiger partial charge in [-0.1, -0.05) is 0 Å². The molecule has 8 heteroatoms. The van der Waals surface area contributed by atoms with Crippen LogP contribution in [0.5, 0.6) is 11.5 Å². The quantitative estimate of drug-likeness (QED) is 0.587. The summed E-state index contributed by atoms with van der Waals surface area (Å²) in [5, 5.41) is 22.4. The maximum Gasteiger partial charge on any atom is 0.326 e. The number of amides is 2. The van der Waals surface area contributed by atoms with Crippen LogP contribution < -0.4 is 20.1 Å². The van der Waals surface area contributed by atoms with Gasteiger partial charge in [-0.3, -0.25) is 0 Å². The van der Waals surface area contributed by atoms with Gasteiger partial charge in [-0.25, -0.2) is 9.59 Å². The van der Waals surface area contributed by atoms with Gasteiger partial charge in [-0.2, -0.15) is 0 Å².